The van der Waals surface area contributed by atoms with Gasteiger partial charge >= 0.3 is 0 Å². The number of hydrogen-bond donors (Lipinski definition) is 3. The van der Waals surface area contributed by atoms with Crippen LogP contribution in [0.2, 0.25) is 0 Å². The zero-order chi connectivity index (χ0) is 25.8. The number of anilines is 1. The Labute approximate surface area is 216 Å². The van der Waals surface area contributed by atoms with E-state index >= 15 is 0 Å². The number of thiocarbonyl (C=S) groups is 1. The summed E-state index contributed by atoms with van der Waals surface area (Å²) in [7, 11) is 0. The Morgan fingerprint density at radius 2 is 1.89 bits per heavy atom. The third-order valence-corrected chi connectivity index (χ3v) is 6.12. The monoisotopic (exact) mass is 499 g/mol. The Balaban J connectivity index is 1.46. The third kappa shape index (κ3) is 5.80. The van der Waals surface area contributed by atoms with Gasteiger partial charge in [-0.25, -0.2) is 4.98 Å². The van der Waals surface area contributed by atoms with Crippen molar-refractivity contribution in [1.29, 1.82) is 0 Å². The fourth-order valence-corrected chi connectivity index (χ4v) is 4.02. The molecule has 0 aliphatic rings. The Morgan fingerprint density at radius 3 is 2.58 bits per heavy atom. The number of fused-ring (bicyclic) bond motifs is 1. The van der Waals surface area contributed by atoms with Crippen molar-refractivity contribution in [1.82, 2.24) is 10.3 Å². The fourth-order valence-electron chi connectivity index (χ4n) is 3.80. The number of aromatic hydroxyl groups is 1. The van der Waals surface area contributed by atoms with Crippen LogP contribution in [0.25, 0.3) is 28.6 Å². The quantitative estimate of drug-likeness (QED) is 0.155. The van der Waals surface area contributed by atoms with E-state index < -0.39 is 0 Å². The van der Waals surface area contributed by atoms with Gasteiger partial charge in [-0.15, -0.1) is 0 Å². The van der Waals surface area contributed by atoms with E-state index in [4.69, 9.17) is 16.6 Å². The molecule has 0 aliphatic carbocycles. The Bertz CT molecular complexity index is 1450. The second-order valence-electron chi connectivity index (χ2n) is 8.96. The molecule has 0 aliphatic heterocycles. The highest BCUT2D eigenvalue weighted by molar-refractivity contribution is 7.80. The molecule has 6 nitrogen and oxygen atoms in total. The summed E-state index contributed by atoms with van der Waals surface area (Å²) >= 11 is 5.33. The lowest BCUT2D eigenvalue weighted by atomic mass is 10.0. The van der Waals surface area contributed by atoms with Gasteiger partial charge in [-0.3, -0.25) is 10.1 Å². The lowest BCUT2D eigenvalue weighted by Gasteiger charge is -2.12. The predicted octanol–water partition coefficient (Wildman–Crippen LogP) is 6.72. The maximum absolute atomic E-state index is 12.4. The summed E-state index contributed by atoms with van der Waals surface area (Å²) in [4.78, 5) is 16.9. The highest BCUT2D eigenvalue weighted by Gasteiger charge is 2.16. The first kappa shape index (κ1) is 25.1. The number of phenols is 1. The number of carbonyl (C=O) groups excluding carboxylic acids is 1. The summed E-state index contributed by atoms with van der Waals surface area (Å²) < 4.78 is 5.90. The lowest BCUT2D eigenvalue weighted by Crippen LogP contribution is -2.32. The molecule has 1 aromatic heterocycles. The summed E-state index contributed by atoms with van der Waals surface area (Å²) in [6.07, 6.45) is 4.07. The lowest BCUT2D eigenvalue weighted by molar-refractivity contribution is -0.115. The summed E-state index contributed by atoms with van der Waals surface area (Å²) in [5.74, 6) is 0.491. The van der Waals surface area contributed by atoms with Crippen LogP contribution in [0.5, 0.6) is 5.75 Å². The van der Waals surface area contributed by atoms with Gasteiger partial charge in [-0.05, 0) is 84.1 Å². The highest BCUT2D eigenvalue weighted by Crippen LogP contribution is 2.36. The standard InChI is InChI=1S/C29H29N3O3S/c1-5-19-8-12-25-24(15-19)31-28(35-25)23-16-22(14-18(4)27(23)34)30-29(36)32-26(33)13-9-20-6-10-21(11-7-20)17(2)3/h6-17,34H,5H2,1-4H3,(H2,30,32,33,36). The first-order chi connectivity index (χ1) is 17.2. The smallest absolute Gasteiger partial charge is 0.250 e. The topological polar surface area (TPSA) is 87.4 Å². The van der Waals surface area contributed by atoms with Crippen molar-refractivity contribution in [3.05, 3.63) is 82.9 Å². The summed E-state index contributed by atoms with van der Waals surface area (Å²) in [6, 6.07) is 17.4. The molecule has 0 radical (unpaired) electrons. The van der Waals surface area contributed by atoms with Crippen molar-refractivity contribution >= 4 is 46.1 Å². The Morgan fingerprint density at radius 1 is 1.14 bits per heavy atom. The second-order valence-corrected chi connectivity index (χ2v) is 9.37. The summed E-state index contributed by atoms with van der Waals surface area (Å²) in [6.45, 7) is 8.13. The van der Waals surface area contributed by atoms with Crippen LogP contribution < -0.4 is 10.6 Å². The largest absolute Gasteiger partial charge is 0.507 e. The molecule has 36 heavy (non-hydrogen) atoms. The minimum atomic E-state index is -0.346. The SMILES string of the molecule is CCc1ccc2oc(-c3cc(NC(=S)NC(=O)C=Cc4ccc(C(C)C)cc4)cc(C)c3O)nc2c1. The average Bonchev–Trinajstić information content (AvgIpc) is 3.28. The van der Waals surface area contributed by atoms with Crippen LogP contribution in [0.3, 0.4) is 0 Å². The van der Waals surface area contributed by atoms with Gasteiger partial charge in [0.1, 0.15) is 11.3 Å². The second kappa shape index (κ2) is 10.7. The number of hydrogen-bond acceptors (Lipinski definition) is 5. The van der Waals surface area contributed by atoms with Crippen LogP contribution in [0.15, 0.2) is 65.1 Å². The molecule has 184 valence electrons. The molecule has 0 saturated heterocycles. The number of nitrogens with zero attached hydrogens (tertiary/aromatic N) is 1. The number of nitrogens with one attached hydrogen (secondary N) is 2. The minimum absolute atomic E-state index is 0.0733. The zero-order valence-corrected chi connectivity index (χ0v) is 21.6. The Kier molecular flexibility index (Phi) is 7.50. The number of amides is 1. The molecule has 4 aromatic rings. The van der Waals surface area contributed by atoms with E-state index in [9.17, 15) is 9.90 Å². The van der Waals surface area contributed by atoms with Crippen LogP contribution in [0, 0.1) is 6.92 Å². The molecule has 3 aromatic carbocycles. The molecule has 3 N–H and O–H groups in total. The number of benzene rings is 3. The highest BCUT2D eigenvalue weighted by atomic mass is 32.1. The van der Waals surface area contributed by atoms with Crippen molar-refractivity contribution in [3.8, 4) is 17.2 Å². The molecule has 1 heterocycles. The van der Waals surface area contributed by atoms with Crippen LogP contribution in [0.4, 0.5) is 5.69 Å². The first-order valence-electron chi connectivity index (χ1n) is 11.9. The normalized spacial score (nSPS) is 11.4. The van der Waals surface area contributed by atoms with Crippen molar-refractivity contribution in [2.75, 3.05) is 5.32 Å². The van der Waals surface area contributed by atoms with Crippen LogP contribution in [0.1, 0.15) is 48.9 Å². The molecular weight excluding hydrogens is 470 g/mol. The van der Waals surface area contributed by atoms with Crippen LogP contribution in [-0.4, -0.2) is 21.1 Å². The molecule has 0 bridgehead atoms. The summed E-state index contributed by atoms with van der Waals surface area (Å²) in [5.41, 5.74) is 6.34. The van der Waals surface area contributed by atoms with Crippen LogP contribution in [-0.2, 0) is 11.2 Å². The van der Waals surface area contributed by atoms with Gasteiger partial charge in [0.25, 0.3) is 0 Å². The molecule has 0 unspecified atom stereocenters. The maximum Gasteiger partial charge on any atom is 0.250 e. The zero-order valence-electron chi connectivity index (χ0n) is 20.8. The fraction of sp³-hybridized carbons (Fsp3) is 0.207. The molecule has 0 atom stereocenters. The minimum Gasteiger partial charge on any atom is -0.507 e. The van der Waals surface area contributed by atoms with Gasteiger partial charge in [-0.2, -0.15) is 0 Å². The van der Waals surface area contributed by atoms with E-state index in [1.54, 1.807) is 25.1 Å². The first-order valence-corrected chi connectivity index (χ1v) is 12.3. The molecule has 0 saturated carbocycles. The maximum atomic E-state index is 12.4. The number of aromatic nitrogens is 1. The van der Waals surface area contributed by atoms with E-state index in [2.05, 4.69) is 48.5 Å². The van der Waals surface area contributed by atoms with Crippen molar-refractivity contribution in [3.63, 3.8) is 0 Å². The van der Waals surface area contributed by atoms with Gasteiger partial charge in [0.15, 0.2) is 10.7 Å². The van der Waals surface area contributed by atoms with E-state index in [0.717, 1.165) is 23.1 Å². The van der Waals surface area contributed by atoms with Crippen molar-refractivity contribution in [2.24, 2.45) is 0 Å². The predicted molar refractivity (Wildman–Crippen MR) is 149 cm³/mol. The van der Waals surface area contributed by atoms with Gasteiger partial charge < -0.3 is 14.8 Å². The van der Waals surface area contributed by atoms with E-state index in [1.807, 2.05) is 30.3 Å². The average molecular weight is 500 g/mol. The number of oxazole rings is 1. The van der Waals surface area contributed by atoms with Gasteiger partial charge in [0, 0.05) is 11.8 Å². The van der Waals surface area contributed by atoms with E-state index in [1.165, 1.54) is 11.6 Å². The number of rotatable bonds is 6. The number of phenolic OH excluding ortho intramolecular Hbond substituents is 1. The molecule has 7 heteroatoms. The number of carbonyl (C=O) groups is 1. The van der Waals surface area contributed by atoms with Crippen molar-refractivity contribution in [2.45, 2.75) is 40.0 Å². The van der Waals surface area contributed by atoms with Crippen molar-refractivity contribution < 1.29 is 14.3 Å². The van der Waals surface area contributed by atoms with Gasteiger partial charge in [-0.1, -0.05) is 51.1 Å². The van der Waals surface area contributed by atoms with Gasteiger partial charge in [0.2, 0.25) is 11.8 Å². The Hall–Kier alpha value is -3.97. The molecule has 4 rings (SSSR count). The molecule has 1 amide bonds. The summed E-state index contributed by atoms with van der Waals surface area (Å²) in [5, 5.41) is 16.5. The van der Waals surface area contributed by atoms with E-state index in [-0.39, 0.29) is 16.8 Å². The third-order valence-electron chi connectivity index (χ3n) is 5.92. The van der Waals surface area contributed by atoms with Gasteiger partial charge in [0.05, 0.1) is 5.56 Å². The molecule has 0 spiro atoms. The molecular formula is C29H29N3O3S. The molecule has 0 fully saturated rings. The number of aryl methyl sites for hydroxylation is 2. The van der Waals surface area contributed by atoms with E-state index in [0.29, 0.717) is 34.2 Å². The van der Waals surface area contributed by atoms with Crippen LogP contribution >= 0.6 is 12.2 Å².